The molecule has 0 aromatic heterocycles. The molecule has 0 spiro atoms. The summed E-state index contributed by atoms with van der Waals surface area (Å²) in [5, 5.41) is 3.05. The monoisotopic (exact) mass is 366 g/mol. The molecule has 5 nitrogen and oxygen atoms in total. The number of nitrogens with one attached hydrogen (secondary N) is 1. The van der Waals surface area contributed by atoms with Gasteiger partial charge in [-0.1, -0.05) is 44.2 Å². The van der Waals surface area contributed by atoms with Crippen LogP contribution in [0, 0.1) is 0 Å². The third kappa shape index (κ3) is 5.82. The van der Waals surface area contributed by atoms with Crippen molar-refractivity contribution in [1.29, 1.82) is 0 Å². The van der Waals surface area contributed by atoms with Crippen molar-refractivity contribution in [2.45, 2.75) is 51.1 Å². The fourth-order valence-corrected chi connectivity index (χ4v) is 5.43. The van der Waals surface area contributed by atoms with Gasteiger partial charge in [-0.05, 0) is 37.8 Å². The van der Waals surface area contributed by atoms with Crippen molar-refractivity contribution in [1.82, 2.24) is 10.2 Å². The van der Waals surface area contributed by atoms with Crippen LogP contribution in [0.1, 0.15) is 39.2 Å². The number of rotatable bonds is 7. The summed E-state index contributed by atoms with van der Waals surface area (Å²) in [6.45, 7) is 6.61. The van der Waals surface area contributed by atoms with E-state index in [0.29, 0.717) is 6.42 Å². The normalized spacial score (nSPS) is 21.2. The van der Waals surface area contributed by atoms with Crippen molar-refractivity contribution in [3.8, 4) is 0 Å². The molecule has 1 heterocycles. The highest BCUT2D eigenvalue weighted by Gasteiger charge is 2.31. The lowest BCUT2D eigenvalue weighted by Gasteiger charge is -2.30. The van der Waals surface area contributed by atoms with Gasteiger partial charge in [0.1, 0.15) is 0 Å². The summed E-state index contributed by atoms with van der Waals surface area (Å²) in [5.41, 5.74) is 1.23. The zero-order valence-corrected chi connectivity index (χ0v) is 16.5. The van der Waals surface area contributed by atoms with Gasteiger partial charge in [0, 0.05) is 12.1 Å². The zero-order valence-electron chi connectivity index (χ0n) is 15.7. The molecular weight excluding hydrogens is 336 g/mol. The smallest absolute Gasteiger partial charge is 0.234 e. The maximum Gasteiger partial charge on any atom is 0.234 e. The van der Waals surface area contributed by atoms with Crippen molar-refractivity contribution in [2.75, 3.05) is 25.1 Å². The fraction of sp³-hybridized carbons (Fsp3) is 0.632. The first kappa shape index (κ1) is 19.9. The van der Waals surface area contributed by atoms with Gasteiger partial charge in [-0.25, -0.2) is 8.42 Å². The van der Waals surface area contributed by atoms with Crippen LogP contribution in [0.4, 0.5) is 0 Å². The van der Waals surface area contributed by atoms with E-state index in [1.165, 1.54) is 5.56 Å². The van der Waals surface area contributed by atoms with Gasteiger partial charge in [0.2, 0.25) is 5.91 Å². The summed E-state index contributed by atoms with van der Waals surface area (Å²) in [5.74, 6) is 0.335. The number of hydrogen-bond donors (Lipinski definition) is 1. The second kappa shape index (κ2) is 7.87. The first-order chi connectivity index (χ1) is 11.6. The molecular formula is C19H30N2O3S. The molecule has 0 bridgehead atoms. The minimum atomic E-state index is -2.93. The van der Waals surface area contributed by atoms with E-state index < -0.39 is 9.84 Å². The van der Waals surface area contributed by atoms with Crippen LogP contribution < -0.4 is 5.32 Å². The topological polar surface area (TPSA) is 66.5 Å². The number of carbonyl (C=O) groups is 1. The molecule has 0 unspecified atom stereocenters. The van der Waals surface area contributed by atoms with Crippen LogP contribution >= 0.6 is 0 Å². The molecule has 140 valence electrons. The summed E-state index contributed by atoms with van der Waals surface area (Å²) in [4.78, 5) is 14.2. The SMILES string of the molecule is C[C@H](CC(C)(C)c1ccccc1)NC(=O)CN(C)[C@@H]1CCS(=O)(=O)C1. The first-order valence-corrected chi connectivity index (χ1v) is 10.7. The molecule has 2 atom stereocenters. The van der Waals surface area contributed by atoms with Gasteiger partial charge in [0.15, 0.2) is 9.84 Å². The Morgan fingerprint density at radius 3 is 2.52 bits per heavy atom. The Bertz CT molecular complexity index is 686. The van der Waals surface area contributed by atoms with E-state index in [2.05, 4.69) is 31.3 Å². The molecule has 0 aliphatic carbocycles. The van der Waals surface area contributed by atoms with Gasteiger partial charge >= 0.3 is 0 Å². The van der Waals surface area contributed by atoms with Crippen LogP contribution in [-0.4, -0.2) is 56.4 Å². The molecule has 0 radical (unpaired) electrons. The Kier molecular flexibility index (Phi) is 6.27. The molecule has 1 aromatic rings. The van der Waals surface area contributed by atoms with Gasteiger partial charge in [0.05, 0.1) is 18.1 Å². The van der Waals surface area contributed by atoms with Crippen molar-refractivity contribution in [3.63, 3.8) is 0 Å². The van der Waals surface area contributed by atoms with Crippen molar-refractivity contribution < 1.29 is 13.2 Å². The maximum absolute atomic E-state index is 12.3. The molecule has 1 N–H and O–H groups in total. The van der Waals surface area contributed by atoms with Crippen LogP contribution in [0.25, 0.3) is 0 Å². The van der Waals surface area contributed by atoms with Gasteiger partial charge in [-0.2, -0.15) is 0 Å². The fourth-order valence-electron chi connectivity index (χ4n) is 3.62. The molecule has 6 heteroatoms. The molecule has 0 saturated carbocycles. The molecule has 1 aliphatic heterocycles. The maximum atomic E-state index is 12.3. The molecule has 1 aliphatic rings. The lowest BCUT2D eigenvalue weighted by Crippen LogP contribution is -2.45. The van der Waals surface area contributed by atoms with Crippen molar-refractivity contribution >= 4 is 15.7 Å². The Balaban J connectivity index is 1.84. The molecule has 1 aromatic carbocycles. The van der Waals surface area contributed by atoms with Crippen LogP contribution in [-0.2, 0) is 20.0 Å². The number of amides is 1. The van der Waals surface area contributed by atoms with Crippen LogP contribution in [0.3, 0.4) is 0 Å². The lowest BCUT2D eigenvalue weighted by atomic mass is 9.79. The highest BCUT2D eigenvalue weighted by Crippen LogP contribution is 2.28. The molecule has 25 heavy (non-hydrogen) atoms. The third-order valence-electron chi connectivity index (χ3n) is 5.00. The quantitative estimate of drug-likeness (QED) is 0.801. The Labute approximate surface area is 151 Å². The highest BCUT2D eigenvalue weighted by atomic mass is 32.2. The minimum Gasteiger partial charge on any atom is -0.353 e. The first-order valence-electron chi connectivity index (χ1n) is 8.85. The van der Waals surface area contributed by atoms with Crippen LogP contribution in [0.5, 0.6) is 0 Å². The summed E-state index contributed by atoms with van der Waals surface area (Å²) in [6, 6.07) is 10.3. The summed E-state index contributed by atoms with van der Waals surface area (Å²) in [6.07, 6.45) is 1.45. The average molecular weight is 367 g/mol. The van der Waals surface area contributed by atoms with E-state index in [1.807, 2.05) is 37.1 Å². The van der Waals surface area contributed by atoms with Gasteiger partial charge in [-0.15, -0.1) is 0 Å². The summed E-state index contributed by atoms with van der Waals surface area (Å²) >= 11 is 0. The van der Waals surface area contributed by atoms with E-state index in [0.717, 1.165) is 6.42 Å². The number of sulfone groups is 1. The number of likely N-dealkylation sites (N-methyl/N-ethyl adjacent to an activating group) is 1. The third-order valence-corrected chi connectivity index (χ3v) is 6.75. The summed E-state index contributed by atoms with van der Waals surface area (Å²) in [7, 11) is -1.10. The Morgan fingerprint density at radius 1 is 1.32 bits per heavy atom. The van der Waals surface area contributed by atoms with E-state index in [1.54, 1.807) is 0 Å². The van der Waals surface area contributed by atoms with Crippen LogP contribution in [0.15, 0.2) is 30.3 Å². The van der Waals surface area contributed by atoms with Crippen LogP contribution in [0.2, 0.25) is 0 Å². The second-order valence-corrected chi connectivity index (χ2v) is 10.1. The zero-order chi connectivity index (χ0) is 18.7. The number of nitrogens with zero attached hydrogens (tertiary/aromatic N) is 1. The number of hydrogen-bond acceptors (Lipinski definition) is 4. The standard InChI is InChI=1S/C19H30N2O3S/c1-15(12-19(2,3)16-8-6-5-7-9-16)20-18(22)13-21(4)17-10-11-25(23,24)14-17/h5-9,15,17H,10-14H2,1-4H3,(H,20,22)/t15-,17-/m1/s1. The molecule has 1 amide bonds. The minimum absolute atomic E-state index is 0.0284. The predicted octanol–water partition coefficient (Wildman–Crippen LogP) is 1.98. The molecule has 1 saturated heterocycles. The van der Waals surface area contributed by atoms with Gasteiger partial charge in [-0.3, -0.25) is 9.69 Å². The van der Waals surface area contributed by atoms with Crippen molar-refractivity contribution in [3.05, 3.63) is 35.9 Å². The van der Waals surface area contributed by atoms with E-state index >= 15 is 0 Å². The summed E-state index contributed by atoms with van der Waals surface area (Å²) < 4.78 is 23.1. The number of benzene rings is 1. The van der Waals surface area contributed by atoms with Crippen molar-refractivity contribution in [2.24, 2.45) is 0 Å². The Hall–Kier alpha value is -1.40. The largest absolute Gasteiger partial charge is 0.353 e. The van der Waals surface area contributed by atoms with E-state index in [4.69, 9.17) is 0 Å². The van der Waals surface area contributed by atoms with E-state index in [9.17, 15) is 13.2 Å². The van der Waals surface area contributed by atoms with E-state index in [-0.39, 0.29) is 41.5 Å². The molecule has 2 rings (SSSR count). The predicted molar refractivity (Wildman–Crippen MR) is 101 cm³/mol. The van der Waals surface area contributed by atoms with Gasteiger partial charge in [0.25, 0.3) is 0 Å². The lowest BCUT2D eigenvalue weighted by molar-refractivity contribution is -0.123. The number of carbonyl (C=O) groups excluding carboxylic acids is 1. The average Bonchev–Trinajstić information content (AvgIpc) is 2.87. The Morgan fingerprint density at radius 2 is 1.96 bits per heavy atom. The second-order valence-electron chi connectivity index (χ2n) is 7.89. The van der Waals surface area contributed by atoms with Gasteiger partial charge < -0.3 is 5.32 Å². The highest BCUT2D eigenvalue weighted by molar-refractivity contribution is 7.91. The molecule has 1 fully saturated rings.